The van der Waals surface area contributed by atoms with Crippen molar-refractivity contribution in [1.82, 2.24) is 5.43 Å². The summed E-state index contributed by atoms with van der Waals surface area (Å²) in [5.74, 6) is -0.895. The van der Waals surface area contributed by atoms with Gasteiger partial charge in [-0.15, -0.1) is 0 Å². The van der Waals surface area contributed by atoms with Crippen LogP contribution in [-0.4, -0.2) is 23.5 Å². The molecule has 0 aliphatic carbocycles. The van der Waals surface area contributed by atoms with Crippen LogP contribution < -0.4 is 10.4 Å². The van der Waals surface area contributed by atoms with E-state index in [-0.39, 0.29) is 12.3 Å². The van der Waals surface area contributed by atoms with Crippen LogP contribution in [0.2, 0.25) is 0 Å². The van der Waals surface area contributed by atoms with Crippen LogP contribution in [0.5, 0.6) is 0 Å². The molecule has 1 aliphatic heterocycles. The number of amides is 1. The quantitative estimate of drug-likeness (QED) is 0.748. The molecule has 0 aromatic heterocycles. The number of carboxylic acids is 1. The number of unbranched alkanes of at least 4 members (excludes halogenated alkanes) is 1. The van der Waals surface area contributed by atoms with Gasteiger partial charge in [0, 0.05) is 18.5 Å². The van der Waals surface area contributed by atoms with Gasteiger partial charge in [0.1, 0.15) is 0 Å². The molecule has 3 rings (SSSR count). The summed E-state index contributed by atoms with van der Waals surface area (Å²) in [7, 11) is 0. The third-order valence-electron chi connectivity index (χ3n) is 4.37. The van der Waals surface area contributed by atoms with Crippen LogP contribution in [0, 0.1) is 0 Å². The van der Waals surface area contributed by atoms with Gasteiger partial charge in [-0.25, -0.2) is 0 Å². The molecule has 0 atom stereocenters. The number of hydrazine groups is 1. The molecule has 0 saturated carbocycles. The second-order valence-electron chi connectivity index (χ2n) is 6.28. The van der Waals surface area contributed by atoms with Crippen LogP contribution >= 0.6 is 0 Å². The first-order valence-corrected chi connectivity index (χ1v) is 8.78. The Hall–Kier alpha value is -3.08. The summed E-state index contributed by atoms with van der Waals surface area (Å²) in [6.45, 7) is 0.780. The minimum atomic E-state index is -0.769. The van der Waals surface area contributed by atoms with Crippen LogP contribution in [0.25, 0.3) is 6.08 Å². The number of allylic oxidation sites excluding steroid dienone is 1. The first-order chi connectivity index (χ1) is 12.6. The Balaban J connectivity index is 1.54. The monoisotopic (exact) mass is 350 g/mol. The van der Waals surface area contributed by atoms with Crippen LogP contribution in [0.1, 0.15) is 40.7 Å². The van der Waals surface area contributed by atoms with E-state index in [1.807, 2.05) is 47.5 Å². The van der Waals surface area contributed by atoms with E-state index in [1.54, 1.807) is 12.1 Å². The minimum absolute atomic E-state index is 0.126. The van der Waals surface area contributed by atoms with Crippen molar-refractivity contribution in [3.63, 3.8) is 0 Å². The van der Waals surface area contributed by atoms with E-state index in [4.69, 9.17) is 5.11 Å². The fraction of sp³-hybridized carbons (Fsp3) is 0.238. The lowest BCUT2D eigenvalue weighted by atomic mass is 10.1. The first kappa shape index (κ1) is 17.7. The molecule has 5 nitrogen and oxygen atoms in total. The molecule has 1 aliphatic rings. The Morgan fingerprint density at radius 3 is 2.65 bits per heavy atom. The molecule has 5 heteroatoms. The van der Waals surface area contributed by atoms with Gasteiger partial charge in [-0.1, -0.05) is 42.5 Å². The van der Waals surface area contributed by atoms with Crippen molar-refractivity contribution in [2.24, 2.45) is 0 Å². The molecule has 1 amide bonds. The van der Waals surface area contributed by atoms with Gasteiger partial charge in [-0.3, -0.25) is 20.0 Å². The zero-order valence-corrected chi connectivity index (χ0v) is 14.5. The van der Waals surface area contributed by atoms with Crippen LogP contribution in [-0.2, 0) is 11.2 Å². The Labute approximate surface area is 152 Å². The van der Waals surface area contributed by atoms with E-state index < -0.39 is 5.97 Å². The second kappa shape index (κ2) is 8.34. The summed E-state index contributed by atoms with van der Waals surface area (Å²) in [4.78, 5) is 22.9. The summed E-state index contributed by atoms with van der Waals surface area (Å²) in [5.41, 5.74) is 6.86. The Morgan fingerprint density at radius 1 is 1.12 bits per heavy atom. The predicted octanol–water partition coefficient (Wildman–Crippen LogP) is 3.66. The molecule has 0 saturated heterocycles. The molecular weight excluding hydrogens is 328 g/mol. The van der Waals surface area contributed by atoms with Crippen LogP contribution in [0.15, 0.2) is 54.6 Å². The molecule has 0 radical (unpaired) electrons. The third kappa shape index (κ3) is 4.51. The molecular formula is C21H22N2O3. The zero-order valence-electron chi connectivity index (χ0n) is 14.5. The van der Waals surface area contributed by atoms with Gasteiger partial charge in [0.25, 0.3) is 5.91 Å². The summed E-state index contributed by atoms with van der Waals surface area (Å²) in [6, 6.07) is 15.5. The average Bonchev–Trinajstić information content (AvgIpc) is 3.05. The average molecular weight is 350 g/mol. The number of hydrogen-bond donors (Lipinski definition) is 2. The number of para-hydroxylation sites is 1. The van der Waals surface area contributed by atoms with Crippen molar-refractivity contribution >= 4 is 23.6 Å². The van der Waals surface area contributed by atoms with Gasteiger partial charge in [0.2, 0.25) is 0 Å². The maximum absolute atomic E-state index is 12.5. The zero-order chi connectivity index (χ0) is 18.4. The van der Waals surface area contributed by atoms with Gasteiger partial charge in [0.15, 0.2) is 0 Å². The highest BCUT2D eigenvalue weighted by Crippen LogP contribution is 2.25. The van der Waals surface area contributed by atoms with Crippen molar-refractivity contribution in [2.75, 3.05) is 11.6 Å². The highest BCUT2D eigenvalue weighted by Gasteiger charge is 2.20. The lowest BCUT2D eigenvalue weighted by molar-refractivity contribution is -0.137. The maximum Gasteiger partial charge on any atom is 0.303 e. The van der Waals surface area contributed by atoms with E-state index >= 15 is 0 Å². The lowest BCUT2D eigenvalue weighted by Crippen LogP contribution is -2.41. The summed E-state index contributed by atoms with van der Waals surface area (Å²) in [5, 5.41) is 10.5. The molecule has 134 valence electrons. The van der Waals surface area contributed by atoms with Crippen molar-refractivity contribution in [1.29, 1.82) is 0 Å². The van der Waals surface area contributed by atoms with Gasteiger partial charge in [0.05, 0.1) is 5.69 Å². The standard InChI is InChI=1S/C21H22N2O3/c24-20(25)9-3-1-2-6-16-10-12-18(13-11-16)21(26)22-23-15-14-17-7-4-5-8-19(17)23/h2,4-8,10-13H,1,3,9,14-15H2,(H,22,26)(H,24,25)/b6-2+. The summed E-state index contributed by atoms with van der Waals surface area (Å²) in [6.07, 6.45) is 6.37. The Kier molecular flexibility index (Phi) is 5.69. The molecule has 0 fully saturated rings. The topological polar surface area (TPSA) is 69.6 Å². The van der Waals surface area contributed by atoms with Gasteiger partial charge in [-0.2, -0.15) is 0 Å². The van der Waals surface area contributed by atoms with Crippen LogP contribution in [0.3, 0.4) is 0 Å². The van der Waals surface area contributed by atoms with E-state index in [0.29, 0.717) is 12.0 Å². The molecule has 0 unspecified atom stereocenters. The first-order valence-electron chi connectivity index (χ1n) is 8.78. The molecule has 2 N–H and O–H groups in total. The summed E-state index contributed by atoms with van der Waals surface area (Å²) < 4.78 is 0. The lowest BCUT2D eigenvalue weighted by Gasteiger charge is -2.20. The number of hydrogen-bond acceptors (Lipinski definition) is 3. The summed E-state index contributed by atoms with van der Waals surface area (Å²) >= 11 is 0. The second-order valence-corrected chi connectivity index (χ2v) is 6.28. The van der Waals surface area contributed by atoms with Crippen molar-refractivity contribution in [3.8, 4) is 0 Å². The largest absolute Gasteiger partial charge is 0.481 e. The fourth-order valence-electron chi connectivity index (χ4n) is 2.98. The Bertz CT molecular complexity index is 812. The number of rotatable bonds is 7. The van der Waals surface area contributed by atoms with Crippen molar-refractivity contribution in [3.05, 3.63) is 71.3 Å². The number of fused-ring (bicyclic) bond motifs is 1. The van der Waals surface area contributed by atoms with Crippen molar-refractivity contribution < 1.29 is 14.7 Å². The van der Waals surface area contributed by atoms with E-state index in [2.05, 4.69) is 11.5 Å². The SMILES string of the molecule is O=C(O)CCC/C=C/c1ccc(C(=O)NN2CCc3ccccc32)cc1. The van der Waals surface area contributed by atoms with E-state index in [1.165, 1.54) is 5.56 Å². The number of carbonyl (C=O) groups is 2. The van der Waals surface area contributed by atoms with E-state index in [0.717, 1.165) is 30.6 Å². The van der Waals surface area contributed by atoms with Gasteiger partial charge < -0.3 is 5.11 Å². The van der Waals surface area contributed by atoms with Gasteiger partial charge >= 0.3 is 5.97 Å². The molecule has 26 heavy (non-hydrogen) atoms. The number of nitrogens with one attached hydrogen (secondary N) is 1. The van der Waals surface area contributed by atoms with Crippen LogP contribution in [0.4, 0.5) is 5.69 Å². The molecule has 2 aromatic carbocycles. The molecule has 1 heterocycles. The third-order valence-corrected chi connectivity index (χ3v) is 4.37. The fourth-order valence-corrected chi connectivity index (χ4v) is 2.98. The molecule has 0 spiro atoms. The highest BCUT2D eigenvalue weighted by atomic mass is 16.4. The minimum Gasteiger partial charge on any atom is -0.481 e. The Morgan fingerprint density at radius 2 is 1.88 bits per heavy atom. The number of benzene rings is 2. The normalized spacial score (nSPS) is 13.0. The molecule has 0 bridgehead atoms. The van der Waals surface area contributed by atoms with Crippen molar-refractivity contribution in [2.45, 2.75) is 25.7 Å². The smallest absolute Gasteiger partial charge is 0.303 e. The number of anilines is 1. The number of carbonyl (C=O) groups excluding carboxylic acids is 1. The highest BCUT2D eigenvalue weighted by molar-refractivity contribution is 5.95. The maximum atomic E-state index is 12.5. The number of aliphatic carboxylic acids is 1. The molecule has 2 aromatic rings. The number of nitrogens with zero attached hydrogens (tertiary/aromatic N) is 1. The number of carboxylic acid groups (broad SMARTS) is 1. The predicted molar refractivity (Wildman–Crippen MR) is 102 cm³/mol. The van der Waals surface area contributed by atoms with E-state index in [9.17, 15) is 9.59 Å². The van der Waals surface area contributed by atoms with Gasteiger partial charge in [-0.05, 0) is 48.6 Å².